The molecule has 0 aromatic carbocycles. The van der Waals surface area contributed by atoms with Crippen LogP contribution in [0.5, 0.6) is 0 Å². The van der Waals surface area contributed by atoms with E-state index in [0.717, 1.165) is 11.1 Å². The summed E-state index contributed by atoms with van der Waals surface area (Å²) in [5.74, 6) is 1.52. The molecule has 0 aromatic heterocycles. The summed E-state index contributed by atoms with van der Waals surface area (Å²) in [6.45, 7) is 7.03. The van der Waals surface area contributed by atoms with Gasteiger partial charge in [0.2, 0.25) is 0 Å². The molecule has 1 saturated heterocycles. The Kier molecular flexibility index (Phi) is 2.14. The van der Waals surface area contributed by atoms with Gasteiger partial charge in [0.05, 0.1) is 11.7 Å². The van der Waals surface area contributed by atoms with Crippen LogP contribution in [0.25, 0.3) is 0 Å². The van der Waals surface area contributed by atoms with Gasteiger partial charge in [-0.15, -0.1) is 0 Å². The van der Waals surface area contributed by atoms with Crippen LogP contribution in [0.1, 0.15) is 33.6 Å². The maximum atomic E-state index is 6.12. The molecule has 0 N–H and O–H groups in total. The number of alkyl halides is 1. The van der Waals surface area contributed by atoms with Gasteiger partial charge in [-0.3, -0.25) is 0 Å². The highest BCUT2D eigenvalue weighted by Crippen LogP contribution is 2.65. The van der Waals surface area contributed by atoms with Crippen LogP contribution in [0, 0.1) is 17.3 Å². The first-order valence-electron chi connectivity index (χ1n) is 5.87. The molecule has 0 aromatic rings. The Morgan fingerprint density at radius 2 is 2.07 bits per heavy atom. The average molecular weight is 273 g/mol. The minimum atomic E-state index is -0.0323. The largest absolute Gasteiger partial charge is 0.468 e. The third-order valence-electron chi connectivity index (χ3n) is 5.13. The van der Waals surface area contributed by atoms with Gasteiger partial charge in [0.25, 0.3) is 0 Å². The standard InChI is InChI=1S/C11H18BBrO2/c1-10(2)7-4-8(10)11(3)9(5-7)14-12(6-13)15-11/h7-9H,4-6H2,1-3H3/t7?,8-,9?,11-/m0/s1. The van der Waals surface area contributed by atoms with E-state index in [9.17, 15) is 0 Å². The number of hydrogen-bond acceptors (Lipinski definition) is 2. The fourth-order valence-corrected chi connectivity index (χ4v) is 4.30. The molecule has 4 rings (SSSR count). The van der Waals surface area contributed by atoms with Crippen molar-refractivity contribution in [1.29, 1.82) is 0 Å². The second-order valence-electron chi connectivity index (χ2n) is 6.05. The van der Waals surface area contributed by atoms with E-state index >= 15 is 0 Å². The molecule has 0 radical (unpaired) electrons. The SMILES string of the molecule is CC1(C)C2CC3OB(CBr)O[C@@]3(C)[C@H]1C2. The predicted molar refractivity (Wildman–Crippen MR) is 63.9 cm³/mol. The Labute approximate surface area is 100 Å². The Bertz CT molecular complexity index is 296. The van der Waals surface area contributed by atoms with Gasteiger partial charge in [0.1, 0.15) is 0 Å². The maximum absolute atomic E-state index is 6.12. The summed E-state index contributed by atoms with van der Waals surface area (Å²) in [4.78, 5) is 0. The Morgan fingerprint density at radius 1 is 1.33 bits per heavy atom. The van der Waals surface area contributed by atoms with E-state index < -0.39 is 0 Å². The second-order valence-corrected chi connectivity index (χ2v) is 6.70. The molecule has 2 unspecified atom stereocenters. The first-order valence-corrected chi connectivity index (χ1v) is 7.00. The van der Waals surface area contributed by atoms with Crippen molar-refractivity contribution in [3.8, 4) is 0 Å². The highest BCUT2D eigenvalue weighted by atomic mass is 79.9. The summed E-state index contributed by atoms with van der Waals surface area (Å²) >= 11 is 3.45. The molecule has 0 spiro atoms. The van der Waals surface area contributed by atoms with E-state index in [4.69, 9.17) is 9.31 Å². The van der Waals surface area contributed by atoms with Gasteiger partial charge in [-0.2, -0.15) is 0 Å². The first kappa shape index (κ1) is 10.6. The smallest absolute Gasteiger partial charge is 0.405 e. The fourth-order valence-electron chi connectivity index (χ4n) is 4.02. The van der Waals surface area contributed by atoms with Crippen LogP contribution in [0.15, 0.2) is 0 Å². The molecule has 3 saturated carbocycles. The van der Waals surface area contributed by atoms with Gasteiger partial charge < -0.3 is 9.31 Å². The molecule has 84 valence electrons. The summed E-state index contributed by atoms with van der Waals surface area (Å²) < 4.78 is 12.1. The molecule has 0 amide bonds. The van der Waals surface area contributed by atoms with Crippen LogP contribution in [0.2, 0.25) is 0 Å². The molecular weight excluding hydrogens is 255 g/mol. The average Bonchev–Trinajstić information content (AvgIpc) is 2.53. The molecule has 2 nitrogen and oxygen atoms in total. The summed E-state index contributed by atoms with van der Waals surface area (Å²) in [7, 11) is -0.0323. The summed E-state index contributed by atoms with van der Waals surface area (Å²) in [5.41, 5.74) is 0.423. The molecule has 3 aliphatic carbocycles. The van der Waals surface area contributed by atoms with Crippen LogP contribution >= 0.6 is 15.9 Å². The zero-order valence-corrected chi connectivity index (χ0v) is 11.2. The van der Waals surface area contributed by atoms with E-state index in [0.29, 0.717) is 17.4 Å². The van der Waals surface area contributed by atoms with Crippen molar-refractivity contribution < 1.29 is 9.31 Å². The van der Waals surface area contributed by atoms with Crippen molar-refractivity contribution in [3.05, 3.63) is 0 Å². The lowest BCUT2D eigenvalue weighted by Crippen LogP contribution is -2.65. The highest BCUT2D eigenvalue weighted by molar-refractivity contribution is 9.09. The van der Waals surface area contributed by atoms with Gasteiger partial charge in [0.15, 0.2) is 0 Å². The van der Waals surface area contributed by atoms with E-state index in [1.54, 1.807) is 0 Å². The van der Waals surface area contributed by atoms with Crippen molar-refractivity contribution >= 4 is 23.0 Å². The summed E-state index contributed by atoms with van der Waals surface area (Å²) in [6, 6.07) is 0. The summed E-state index contributed by atoms with van der Waals surface area (Å²) in [6.07, 6.45) is 2.85. The molecule has 4 atom stereocenters. The van der Waals surface area contributed by atoms with Gasteiger partial charge in [0, 0.05) is 5.23 Å². The van der Waals surface area contributed by atoms with E-state index in [-0.39, 0.29) is 12.7 Å². The second kappa shape index (κ2) is 3.02. The third-order valence-corrected chi connectivity index (χ3v) is 5.66. The topological polar surface area (TPSA) is 18.5 Å². The van der Waals surface area contributed by atoms with Crippen molar-refractivity contribution in [2.45, 2.75) is 45.3 Å². The molecule has 2 bridgehead atoms. The number of rotatable bonds is 1. The lowest BCUT2D eigenvalue weighted by molar-refractivity contribution is -0.199. The van der Waals surface area contributed by atoms with Gasteiger partial charge in [-0.25, -0.2) is 0 Å². The van der Waals surface area contributed by atoms with Gasteiger partial charge >= 0.3 is 7.12 Å². The molecule has 4 aliphatic rings. The van der Waals surface area contributed by atoms with Crippen LogP contribution in [-0.4, -0.2) is 24.1 Å². The van der Waals surface area contributed by atoms with E-state index in [2.05, 4.69) is 36.7 Å². The quantitative estimate of drug-likeness (QED) is 0.540. The van der Waals surface area contributed by atoms with Crippen molar-refractivity contribution in [1.82, 2.24) is 0 Å². The Morgan fingerprint density at radius 3 is 2.67 bits per heavy atom. The molecular formula is C11H18BBrO2. The van der Waals surface area contributed by atoms with Crippen LogP contribution < -0.4 is 0 Å². The Balaban J connectivity index is 1.89. The fraction of sp³-hybridized carbons (Fsp3) is 1.00. The lowest BCUT2D eigenvalue weighted by atomic mass is 9.43. The number of hydrogen-bond donors (Lipinski definition) is 0. The predicted octanol–water partition coefficient (Wildman–Crippen LogP) is 2.65. The molecule has 4 fully saturated rings. The zero-order valence-electron chi connectivity index (χ0n) is 9.63. The van der Waals surface area contributed by atoms with Gasteiger partial charge in [-0.1, -0.05) is 29.8 Å². The van der Waals surface area contributed by atoms with Crippen molar-refractivity contribution in [2.75, 3.05) is 5.23 Å². The van der Waals surface area contributed by atoms with E-state index in [1.165, 1.54) is 12.8 Å². The lowest BCUT2D eigenvalue weighted by Gasteiger charge is -2.64. The molecule has 4 heteroatoms. The van der Waals surface area contributed by atoms with Crippen molar-refractivity contribution in [3.63, 3.8) is 0 Å². The van der Waals surface area contributed by atoms with Crippen LogP contribution in [0.3, 0.4) is 0 Å². The zero-order chi connectivity index (χ0) is 10.8. The summed E-state index contributed by atoms with van der Waals surface area (Å²) in [5, 5.41) is 0.789. The maximum Gasteiger partial charge on any atom is 0.468 e. The minimum absolute atomic E-state index is 0.0311. The number of halogens is 1. The monoisotopic (exact) mass is 272 g/mol. The first-order chi connectivity index (χ1) is 6.98. The van der Waals surface area contributed by atoms with Gasteiger partial charge in [-0.05, 0) is 37.0 Å². The van der Waals surface area contributed by atoms with Crippen molar-refractivity contribution in [2.24, 2.45) is 17.3 Å². The van der Waals surface area contributed by atoms with Crippen LogP contribution in [-0.2, 0) is 9.31 Å². The molecule has 1 heterocycles. The highest BCUT2D eigenvalue weighted by Gasteiger charge is 2.67. The van der Waals surface area contributed by atoms with E-state index in [1.807, 2.05) is 0 Å². The minimum Gasteiger partial charge on any atom is -0.405 e. The Hall–Kier alpha value is 0.465. The van der Waals surface area contributed by atoms with Crippen LogP contribution in [0.4, 0.5) is 0 Å². The third kappa shape index (κ3) is 1.19. The molecule has 15 heavy (non-hydrogen) atoms. The normalized spacial score (nSPS) is 51.2. The molecule has 1 aliphatic heterocycles.